The number of thiazole rings is 2. The van der Waals surface area contributed by atoms with Crippen LogP contribution in [0.1, 0.15) is 22.9 Å². The Morgan fingerprint density at radius 2 is 2.16 bits per heavy atom. The molecule has 0 spiro atoms. The maximum atomic E-state index is 13.1. The summed E-state index contributed by atoms with van der Waals surface area (Å²) in [5.41, 5.74) is 0.816. The minimum Gasteiger partial charge on any atom is -0.353 e. The van der Waals surface area contributed by atoms with Gasteiger partial charge in [-0.15, -0.1) is 11.3 Å². The van der Waals surface area contributed by atoms with Crippen LogP contribution in [0.5, 0.6) is 0 Å². The molecular formula is C13H12FN3S2. The van der Waals surface area contributed by atoms with Crippen molar-refractivity contribution in [2.24, 2.45) is 0 Å². The van der Waals surface area contributed by atoms with Crippen molar-refractivity contribution in [1.29, 1.82) is 0 Å². The quantitative estimate of drug-likeness (QED) is 0.779. The molecule has 1 aromatic carbocycles. The Morgan fingerprint density at radius 1 is 1.32 bits per heavy atom. The molecule has 3 nitrogen and oxygen atoms in total. The number of anilines is 1. The zero-order valence-corrected chi connectivity index (χ0v) is 12.1. The molecule has 1 unspecified atom stereocenters. The van der Waals surface area contributed by atoms with Crippen molar-refractivity contribution in [3.63, 3.8) is 0 Å². The third kappa shape index (κ3) is 2.59. The van der Waals surface area contributed by atoms with Gasteiger partial charge in [-0.05, 0) is 32.0 Å². The van der Waals surface area contributed by atoms with Crippen molar-refractivity contribution in [1.82, 2.24) is 9.97 Å². The average Bonchev–Trinajstić information content (AvgIpc) is 2.94. The maximum absolute atomic E-state index is 13.1. The lowest BCUT2D eigenvalue weighted by Crippen LogP contribution is -2.05. The highest BCUT2D eigenvalue weighted by Crippen LogP contribution is 2.30. The van der Waals surface area contributed by atoms with Crippen molar-refractivity contribution < 1.29 is 4.39 Å². The van der Waals surface area contributed by atoms with Crippen molar-refractivity contribution >= 4 is 38.0 Å². The minimum absolute atomic E-state index is 0.101. The smallest absolute Gasteiger partial charge is 0.184 e. The van der Waals surface area contributed by atoms with E-state index in [1.165, 1.54) is 28.3 Å². The van der Waals surface area contributed by atoms with E-state index in [9.17, 15) is 4.39 Å². The Bertz CT molecular complexity index is 720. The van der Waals surface area contributed by atoms with Crippen LogP contribution in [-0.2, 0) is 0 Å². The summed E-state index contributed by atoms with van der Waals surface area (Å²) >= 11 is 3.12. The lowest BCUT2D eigenvalue weighted by atomic mass is 10.3. The molecule has 0 saturated heterocycles. The van der Waals surface area contributed by atoms with Gasteiger partial charge < -0.3 is 5.32 Å². The van der Waals surface area contributed by atoms with Crippen LogP contribution in [0.4, 0.5) is 9.52 Å². The van der Waals surface area contributed by atoms with Crippen LogP contribution in [0.25, 0.3) is 10.2 Å². The Hall–Kier alpha value is -1.53. The molecule has 0 aliphatic carbocycles. The third-order valence-electron chi connectivity index (χ3n) is 2.70. The number of halogens is 1. The molecule has 6 heteroatoms. The van der Waals surface area contributed by atoms with Gasteiger partial charge in [-0.25, -0.2) is 14.4 Å². The predicted molar refractivity (Wildman–Crippen MR) is 78.5 cm³/mol. The van der Waals surface area contributed by atoms with E-state index in [4.69, 9.17) is 0 Å². The molecular weight excluding hydrogens is 281 g/mol. The van der Waals surface area contributed by atoms with Gasteiger partial charge in [0.15, 0.2) is 5.13 Å². The molecule has 98 valence electrons. The highest BCUT2D eigenvalue weighted by molar-refractivity contribution is 7.22. The van der Waals surface area contributed by atoms with Crippen LogP contribution in [-0.4, -0.2) is 9.97 Å². The van der Waals surface area contributed by atoms with E-state index in [0.717, 1.165) is 20.4 Å². The van der Waals surface area contributed by atoms with Gasteiger partial charge in [-0.1, -0.05) is 11.3 Å². The van der Waals surface area contributed by atoms with Crippen LogP contribution in [0.2, 0.25) is 0 Å². The van der Waals surface area contributed by atoms with Gasteiger partial charge in [-0.3, -0.25) is 0 Å². The number of aryl methyl sites for hydroxylation is 1. The van der Waals surface area contributed by atoms with E-state index < -0.39 is 0 Å². The zero-order chi connectivity index (χ0) is 13.4. The first-order valence-corrected chi connectivity index (χ1v) is 7.50. The molecule has 0 bridgehead atoms. The standard InChI is InChI=1S/C13H12FN3S2/c1-7-6-15-12(18-7)8(2)16-13-17-10-4-3-9(14)5-11(10)19-13/h3-6,8H,1-2H3,(H,16,17). The Labute approximate surface area is 118 Å². The summed E-state index contributed by atoms with van der Waals surface area (Å²) in [5.74, 6) is -0.230. The Kier molecular flexibility index (Phi) is 3.20. The second-order valence-corrected chi connectivity index (χ2v) is 6.60. The number of fused-ring (bicyclic) bond motifs is 1. The molecule has 1 N–H and O–H groups in total. The highest BCUT2D eigenvalue weighted by atomic mass is 32.1. The van der Waals surface area contributed by atoms with Crippen LogP contribution < -0.4 is 5.32 Å². The van der Waals surface area contributed by atoms with Crippen molar-refractivity contribution in [2.45, 2.75) is 19.9 Å². The molecule has 3 rings (SSSR count). The van der Waals surface area contributed by atoms with Crippen LogP contribution in [0.15, 0.2) is 24.4 Å². The summed E-state index contributed by atoms with van der Waals surface area (Å²) in [7, 11) is 0. The summed E-state index contributed by atoms with van der Waals surface area (Å²) in [4.78, 5) is 9.99. The predicted octanol–water partition coefficient (Wildman–Crippen LogP) is 4.37. The average molecular weight is 293 g/mol. The molecule has 2 heterocycles. The van der Waals surface area contributed by atoms with Gasteiger partial charge >= 0.3 is 0 Å². The highest BCUT2D eigenvalue weighted by Gasteiger charge is 2.12. The normalized spacial score (nSPS) is 12.8. The van der Waals surface area contributed by atoms with E-state index in [-0.39, 0.29) is 11.9 Å². The van der Waals surface area contributed by atoms with Crippen LogP contribution in [0.3, 0.4) is 0 Å². The number of hydrogen-bond donors (Lipinski definition) is 1. The van der Waals surface area contributed by atoms with E-state index in [1.54, 1.807) is 17.4 Å². The zero-order valence-electron chi connectivity index (χ0n) is 10.5. The van der Waals surface area contributed by atoms with Gasteiger partial charge in [-0.2, -0.15) is 0 Å². The first-order valence-electron chi connectivity index (χ1n) is 5.87. The fourth-order valence-electron chi connectivity index (χ4n) is 1.78. The first-order chi connectivity index (χ1) is 9.11. The van der Waals surface area contributed by atoms with Gasteiger partial charge in [0.1, 0.15) is 10.8 Å². The van der Waals surface area contributed by atoms with E-state index in [0.29, 0.717) is 0 Å². The van der Waals surface area contributed by atoms with Crippen LogP contribution in [0, 0.1) is 12.7 Å². The fourth-order valence-corrected chi connectivity index (χ4v) is 3.53. The number of rotatable bonds is 3. The molecule has 1 atom stereocenters. The van der Waals surface area contributed by atoms with Gasteiger partial charge in [0.25, 0.3) is 0 Å². The lowest BCUT2D eigenvalue weighted by molar-refractivity contribution is 0.630. The van der Waals surface area contributed by atoms with Crippen molar-refractivity contribution in [3.05, 3.63) is 40.1 Å². The lowest BCUT2D eigenvalue weighted by Gasteiger charge is -2.08. The molecule has 0 aliphatic heterocycles. The SMILES string of the molecule is Cc1cnc(C(C)Nc2nc3ccc(F)cc3s2)s1. The topological polar surface area (TPSA) is 37.8 Å². The van der Waals surface area contributed by atoms with Crippen molar-refractivity contribution in [3.8, 4) is 0 Å². The number of nitrogens with one attached hydrogen (secondary N) is 1. The first kappa shape index (κ1) is 12.5. The van der Waals surface area contributed by atoms with E-state index >= 15 is 0 Å². The summed E-state index contributed by atoms with van der Waals surface area (Å²) < 4.78 is 14.0. The van der Waals surface area contributed by atoms with Gasteiger partial charge in [0.05, 0.1) is 16.3 Å². The van der Waals surface area contributed by atoms with Gasteiger partial charge in [0, 0.05) is 11.1 Å². The molecule has 0 radical (unpaired) electrons. The largest absolute Gasteiger partial charge is 0.353 e. The molecule has 19 heavy (non-hydrogen) atoms. The van der Waals surface area contributed by atoms with Gasteiger partial charge in [0.2, 0.25) is 0 Å². The molecule has 3 aromatic rings. The van der Waals surface area contributed by atoms with Crippen molar-refractivity contribution in [2.75, 3.05) is 5.32 Å². The second-order valence-electron chi connectivity index (χ2n) is 4.31. The molecule has 0 fully saturated rings. The fraction of sp³-hybridized carbons (Fsp3) is 0.231. The van der Waals surface area contributed by atoms with E-state index in [1.807, 2.05) is 20.0 Å². The number of nitrogens with zero attached hydrogens (tertiary/aromatic N) is 2. The summed E-state index contributed by atoms with van der Waals surface area (Å²) in [5, 5.41) is 5.14. The summed E-state index contributed by atoms with van der Waals surface area (Å²) in [6.07, 6.45) is 1.87. The monoisotopic (exact) mass is 293 g/mol. The number of aromatic nitrogens is 2. The number of hydrogen-bond acceptors (Lipinski definition) is 5. The summed E-state index contributed by atoms with van der Waals surface area (Å²) in [6.45, 7) is 4.08. The molecule has 0 amide bonds. The minimum atomic E-state index is -0.230. The maximum Gasteiger partial charge on any atom is 0.184 e. The second kappa shape index (κ2) is 4.86. The Balaban J connectivity index is 1.85. The van der Waals surface area contributed by atoms with E-state index in [2.05, 4.69) is 15.3 Å². The number of benzene rings is 1. The summed E-state index contributed by atoms with van der Waals surface area (Å²) in [6, 6.07) is 4.74. The third-order valence-corrected chi connectivity index (χ3v) is 4.74. The molecule has 2 aromatic heterocycles. The molecule has 0 saturated carbocycles. The Morgan fingerprint density at radius 3 is 2.89 bits per heavy atom. The molecule has 0 aliphatic rings. The van der Waals surface area contributed by atoms with Crippen LogP contribution >= 0.6 is 22.7 Å².